The van der Waals surface area contributed by atoms with Crippen LogP contribution in [-0.2, 0) is 0 Å². The summed E-state index contributed by atoms with van der Waals surface area (Å²) in [5, 5.41) is 20.9. The average Bonchev–Trinajstić information content (AvgIpc) is 2.66. The molecule has 1 N–H and O–H groups in total. The molecule has 0 atom stereocenters. The molecule has 0 heterocycles. The normalized spacial score (nSPS) is 35.3. The summed E-state index contributed by atoms with van der Waals surface area (Å²) in [5.41, 5.74) is -1.14. The molecule has 0 radical (unpaired) electrons. The highest BCUT2D eigenvalue weighted by molar-refractivity contribution is 5.13. The third-order valence-corrected chi connectivity index (χ3v) is 5.69. The number of hydrogen-bond acceptors (Lipinski definition) is 2. The van der Waals surface area contributed by atoms with Crippen LogP contribution in [0.2, 0.25) is 0 Å². The quantitative estimate of drug-likeness (QED) is 0.758. The summed E-state index contributed by atoms with van der Waals surface area (Å²) in [5.74, 6) is 0.792. The molecular formula is C17H29NO. The van der Waals surface area contributed by atoms with Gasteiger partial charge >= 0.3 is 0 Å². The van der Waals surface area contributed by atoms with E-state index in [0.29, 0.717) is 0 Å². The van der Waals surface area contributed by atoms with Gasteiger partial charge in [0.05, 0.1) is 17.1 Å². The van der Waals surface area contributed by atoms with E-state index in [1.165, 1.54) is 25.7 Å². The number of nitrogens with zero attached hydrogens (tertiary/aromatic N) is 1. The van der Waals surface area contributed by atoms with Crippen LogP contribution in [0.25, 0.3) is 0 Å². The molecule has 0 saturated heterocycles. The Morgan fingerprint density at radius 3 is 2.11 bits per heavy atom. The van der Waals surface area contributed by atoms with Crippen LogP contribution in [-0.4, -0.2) is 10.7 Å². The number of aliphatic hydroxyl groups is 1. The van der Waals surface area contributed by atoms with Crippen molar-refractivity contribution in [1.82, 2.24) is 0 Å². The number of nitriles is 1. The van der Waals surface area contributed by atoms with Gasteiger partial charge in [-0.15, -0.1) is 0 Å². The topological polar surface area (TPSA) is 44.0 Å². The molecule has 2 nitrogen and oxygen atoms in total. The predicted molar refractivity (Wildman–Crippen MR) is 77.6 cm³/mol. The summed E-state index contributed by atoms with van der Waals surface area (Å²) in [7, 11) is 0. The monoisotopic (exact) mass is 263 g/mol. The van der Waals surface area contributed by atoms with Crippen molar-refractivity contribution in [3.8, 4) is 6.07 Å². The second kappa shape index (κ2) is 6.27. The predicted octanol–water partition coefficient (Wildman–Crippen LogP) is 4.57. The van der Waals surface area contributed by atoms with Crippen molar-refractivity contribution in [3.05, 3.63) is 0 Å². The Hall–Kier alpha value is -0.550. The second-order valence-corrected chi connectivity index (χ2v) is 6.87. The second-order valence-electron chi connectivity index (χ2n) is 6.87. The van der Waals surface area contributed by atoms with Crippen molar-refractivity contribution in [1.29, 1.82) is 5.26 Å². The van der Waals surface area contributed by atoms with Crippen molar-refractivity contribution in [3.63, 3.8) is 0 Å². The maximum Gasteiger partial charge on any atom is 0.0860 e. The third-order valence-electron chi connectivity index (χ3n) is 5.69. The van der Waals surface area contributed by atoms with Crippen molar-refractivity contribution in [2.24, 2.45) is 11.3 Å². The molecule has 0 bridgehead atoms. The highest BCUT2D eigenvalue weighted by Gasteiger charge is 2.51. The van der Waals surface area contributed by atoms with E-state index in [1.807, 2.05) is 0 Å². The zero-order chi connectivity index (χ0) is 13.8. The molecule has 0 spiro atoms. The number of rotatable bonds is 3. The van der Waals surface area contributed by atoms with Gasteiger partial charge in [0.1, 0.15) is 0 Å². The van der Waals surface area contributed by atoms with Crippen molar-refractivity contribution in [2.75, 3.05) is 0 Å². The highest BCUT2D eigenvalue weighted by atomic mass is 16.3. The van der Waals surface area contributed by atoms with Gasteiger partial charge in [0.2, 0.25) is 0 Å². The average molecular weight is 263 g/mol. The molecular weight excluding hydrogens is 234 g/mol. The smallest absolute Gasteiger partial charge is 0.0860 e. The Morgan fingerprint density at radius 1 is 1.05 bits per heavy atom. The first kappa shape index (κ1) is 14.9. The molecule has 2 heteroatoms. The lowest BCUT2D eigenvalue weighted by Gasteiger charge is -2.46. The Morgan fingerprint density at radius 2 is 1.63 bits per heavy atom. The lowest BCUT2D eigenvalue weighted by molar-refractivity contribution is -0.0888. The van der Waals surface area contributed by atoms with E-state index in [2.05, 4.69) is 13.0 Å². The highest BCUT2D eigenvalue weighted by Crippen LogP contribution is 2.51. The minimum Gasteiger partial charge on any atom is -0.388 e. The molecule has 19 heavy (non-hydrogen) atoms. The molecule has 2 aliphatic rings. The van der Waals surface area contributed by atoms with Gasteiger partial charge in [0.15, 0.2) is 0 Å². The molecule has 2 aliphatic carbocycles. The Labute approximate surface area is 118 Å². The standard InChI is InChI=1S/C17H29NO/c1-2-7-15-8-12-16(14-18,13-9-15)17(19)10-5-3-4-6-11-17/h15,19H,2-13H2,1H3. The van der Waals surface area contributed by atoms with Crippen molar-refractivity contribution >= 4 is 0 Å². The fraction of sp³-hybridized carbons (Fsp3) is 0.941. The first-order chi connectivity index (χ1) is 9.16. The van der Waals surface area contributed by atoms with Gasteiger partial charge in [-0.25, -0.2) is 0 Å². The fourth-order valence-corrected chi connectivity index (χ4v) is 4.34. The van der Waals surface area contributed by atoms with Crippen LogP contribution in [0.3, 0.4) is 0 Å². The first-order valence-corrected chi connectivity index (χ1v) is 8.29. The fourth-order valence-electron chi connectivity index (χ4n) is 4.34. The third kappa shape index (κ3) is 2.97. The summed E-state index contributed by atoms with van der Waals surface area (Å²) in [6.45, 7) is 2.24. The van der Waals surface area contributed by atoms with E-state index in [4.69, 9.17) is 0 Å². The lowest BCUT2D eigenvalue weighted by atomic mass is 9.59. The largest absolute Gasteiger partial charge is 0.388 e. The van der Waals surface area contributed by atoms with Crippen LogP contribution in [0.4, 0.5) is 0 Å². The van der Waals surface area contributed by atoms with E-state index < -0.39 is 11.0 Å². The molecule has 0 aromatic carbocycles. The minimum absolute atomic E-state index is 0.443. The van der Waals surface area contributed by atoms with Crippen molar-refractivity contribution in [2.45, 2.75) is 89.6 Å². The van der Waals surface area contributed by atoms with Gasteiger partial charge in [-0.05, 0) is 44.4 Å². The Balaban J connectivity index is 2.08. The van der Waals surface area contributed by atoms with E-state index >= 15 is 0 Å². The van der Waals surface area contributed by atoms with Gasteiger partial charge in [-0.1, -0.05) is 45.4 Å². The Kier molecular flexibility index (Phi) is 4.90. The maximum atomic E-state index is 11.1. The molecule has 2 fully saturated rings. The molecule has 2 saturated carbocycles. The molecule has 0 aromatic heterocycles. The van der Waals surface area contributed by atoms with Gasteiger partial charge in [0.25, 0.3) is 0 Å². The summed E-state index contributed by atoms with van der Waals surface area (Å²) in [6.07, 6.45) is 13.0. The van der Waals surface area contributed by atoms with E-state index in [9.17, 15) is 10.4 Å². The van der Waals surface area contributed by atoms with Crippen LogP contribution in [0, 0.1) is 22.7 Å². The summed E-state index contributed by atoms with van der Waals surface area (Å²) in [4.78, 5) is 0. The minimum atomic E-state index is -0.699. The molecule has 0 amide bonds. The van der Waals surface area contributed by atoms with Crippen LogP contribution in [0.5, 0.6) is 0 Å². The maximum absolute atomic E-state index is 11.1. The summed E-state index contributed by atoms with van der Waals surface area (Å²) < 4.78 is 0. The van der Waals surface area contributed by atoms with Crippen LogP contribution in [0.15, 0.2) is 0 Å². The van der Waals surface area contributed by atoms with Gasteiger partial charge in [-0.2, -0.15) is 5.26 Å². The molecule has 0 aliphatic heterocycles. The summed E-state index contributed by atoms with van der Waals surface area (Å²) >= 11 is 0. The van der Waals surface area contributed by atoms with Gasteiger partial charge in [-0.3, -0.25) is 0 Å². The van der Waals surface area contributed by atoms with Crippen LogP contribution >= 0.6 is 0 Å². The van der Waals surface area contributed by atoms with E-state index in [1.54, 1.807) is 0 Å². The van der Waals surface area contributed by atoms with Crippen LogP contribution < -0.4 is 0 Å². The van der Waals surface area contributed by atoms with Crippen molar-refractivity contribution < 1.29 is 5.11 Å². The molecule has 0 aromatic rings. The lowest BCUT2D eigenvalue weighted by Crippen LogP contribution is -2.49. The first-order valence-electron chi connectivity index (χ1n) is 8.29. The molecule has 2 rings (SSSR count). The van der Waals surface area contributed by atoms with Gasteiger partial charge < -0.3 is 5.11 Å². The Bertz CT molecular complexity index is 315. The number of hydrogen-bond donors (Lipinski definition) is 1. The summed E-state index contributed by atoms with van der Waals surface area (Å²) in [6, 6.07) is 2.57. The molecule has 108 valence electrons. The van der Waals surface area contributed by atoms with E-state index in [0.717, 1.165) is 57.3 Å². The van der Waals surface area contributed by atoms with Gasteiger partial charge in [0, 0.05) is 0 Å². The SMILES string of the molecule is CCCC1CCC(C#N)(C2(O)CCCCCC2)CC1. The van der Waals surface area contributed by atoms with E-state index in [-0.39, 0.29) is 0 Å². The van der Waals surface area contributed by atoms with Crippen LogP contribution in [0.1, 0.15) is 84.0 Å². The zero-order valence-electron chi connectivity index (χ0n) is 12.5. The molecule has 0 unspecified atom stereocenters. The zero-order valence-corrected chi connectivity index (χ0v) is 12.5.